The van der Waals surface area contributed by atoms with Gasteiger partial charge in [-0.05, 0) is 51.1 Å². The normalized spacial score (nSPS) is 12.3. The van der Waals surface area contributed by atoms with E-state index in [0.29, 0.717) is 16.5 Å². The van der Waals surface area contributed by atoms with Crippen molar-refractivity contribution >= 4 is 44.7 Å². The molecule has 1 N–H and O–H groups in total. The van der Waals surface area contributed by atoms with Gasteiger partial charge in [-0.1, -0.05) is 35.1 Å². The van der Waals surface area contributed by atoms with E-state index in [4.69, 9.17) is 16.3 Å². The number of halogens is 1. The van der Waals surface area contributed by atoms with E-state index in [1.54, 1.807) is 47.9 Å². The van der Waals surface area contributed by atoms with E-state index in [2.05, 4.69) is 5.32 Å². The van der Waals surface area contributed by atoms with Crippen LogP contribution >= 0.6 is 22.9 Å². The molecule has 0 aliphatic rings. The summed E-state index contributed by atoms with van der Waals surface area (Å²) < 4.78 is 8.20. The van der Waals surface area contributed by atoms with Gasteiger partial charge in [-0.15, -0.1) is 0 Å². The van der Waals surface area contributed by atoms with Crippen molar-refractivity contribution in [3.05, 3.63) is 57.2 Å². The van der Waals surface area contributed by atoms with Crippen LogP contribution in [0.2, 0.25) is 5.02 Å². The van der Waals surface area contributed by atoms with Crippen LogP contribution in [0.15, 0.2) is 47.3 Å². The van der Waals surface area contributed by atoms with Crippen molar-refractivity contribution in [1.82, 2.24) is 4.57 Å². The molecule has 2 aromatic carbocycles. The van der Waals surface area contributed by atoms with Gasteiger partial charge in [0.25, 0.3) is 5.91 Å². The molecule has 3 rings (SSSR count). The van der Waals surface area contributed by atoms with E-state index in [-0.39, 0.29) is 16.8 Å². The fourth-order valence-electron chi connectivity index (χ4n) is 2.63. The van der Waals surface area contributed by atoms with E-state index in [0.717, 1.165) is 10.2 Å². The third kappa shape index (κ3) is 3.76. The summed E-state index contributed by atoms with van der Waals surface area (Å²) in [6.07, 6.45) is -0.718. The standard InChI is InChI=1S/C19H19ClN2O3S/c1-11(2)22-15-9-8-13(10-17(15)26-19(22)24)21-18(23)12(3)25-16-7-5-4-6-14(16)20/h4-12H,1-3H3,(H,21,23). The SMILES string of the molecule is CC(Oc1ccccc1Cl)C(=O)Nc1ccc2c(c1)sc(=O)n2C(C)C. The van der Waals surface area contributed by atoms with Crippen molar-refractivity contribution in [3.8, 4) is 5.75 Å². The molecule has 0 aliphatic heterocycles. The fourth-order valence-corrected chi connectivity index (χ4v) is 3.86. The smallest absolute Gasteiger partial charge is 0.308 e. The van der Waals surface area contributed by atoms with Crippen LogP contribution < -0.4 is 14.9 Å². The molecule has 1 amide bonds. The number of benzene rings is 2. The first-order chi connectivity index (χ1) is 12.4. The van der Waals surface area contributed by atoms with Crippen molar-refractivity contribution < 1.29 is 9.53 Å². The van der Waals surface area contributed by atoms with Crippen LogP contribution in [-0.2, 0) is 4.79 Å². The summed E-state index contributed by atoms with van der Waals surface area (Å²) in [6.45, 7) is 5.60. The molecule has 1 heterocycles. The quantitative estimate of drug-likeness (QED) is 0.686. The van der Waals surface area contributed by atoms with Gasteiger partial charge in [-0.2, -0.15) is 0 Å². The largest absolute Gasteiger partial charge is 0.479 e. The molecule has 0 saturated carbocycles. The fraction of sp³-hybridized carbons (Fsp3) is 0.263. The molecule has 1 atom stereocenters. The second-order valence-electron chi connectivity index (χ2n) is 6.19. The zero-order chi connectivity index (χ0) is 18.8. The van der Waals surface area contributed by atoms with Gasteiger partial charge >= 0.3 is 4.87 Å². The predicted molar refractivity (Wildman–Crippen MR) is 107 cm³/mol. The van der Waals surface area contributed by atoms with E-state index in [1.165, 1.54) is 11.3 Å². The first-order valence-corrected chi connectivity index (χ1v) is 9.43. The second-order valence-corrected chi connectivity index (χ2v) is 7.59. The highest BCUT2D eigenvalue weighted by molar-refractivity contribution is 7.16. The van der Waals surface area contributed by atoms with E-state index >= 15 is 0 Å². The molecule has 0 aliphatic carbocycles. The van der Waals surface area contributed by atoms with Crippen LogP contribution in [0.25, 0.3) is 10.2 Å². The van der Waals surface area contributed by atoms with Gasteiger partial charge in [-0.3, -0.25) is 14.2 Å². The Morgan fingerprint density at radius 3 is 2.62 bits per heavy atom. The summed E-state index contributed by atoms with van der Waals surface area (Å²) in [4.78, 5) is 24.5. The highest BCUT2D eigenvalue weighted by Gasteiger charge is 2.17. The van der Waals surface area contributed by atoms with Gasteiger partial charge in [0, 0.05) is 11.7 Å². The highest BCUT2D eigenvalue weighted by atomic mass is 35.5. The number of hydrogen-bond donors (Lipinski definition) is 1. The van der Waals surface area contributed by atoms with Crippen molar-refractivity contribution in [2.24, 2.45) is 0 Å². The minimum absolute atomic E-state index is 0.00565. The number of para-hydroxylation sites is 1. The summed E-state index contributed by atoms with van der Waals surface area (Å²) in [7, 11) is 0. The maximum atomic E-state index is 12.4. The Hall–Kier alpha value is -2.31. The molecular formula is C19H19ClN2O3S. The molecule has 0 fully saturated rings. The number of fused-ring (bicyclic) bond motifs is 1. The van der Waals surface area contributed by atoms with Gasteiger partial charge in [-0.25, -0.2) is 0 Å². The molecular weight excluding hydrogens is 372 g/mol. The number of nitrogens with zero attached hydrogens (tertiary/aromatic N) is 1. The van der Waals surface area contributed by atoms with Crippen LogP contribution in [0.3, 0.4) is 0 Å². The monoisotopic (exact) mass is 390 g/mol. The van der Waals surface area contributed by atoms with Crippen LogP contribution in [0, 0.1) is 0 Å². The predicted octanol–water partition coefficient (Wildman–Crippen LogP) is 4.70. The van der Waals surface area contributed by atoms with E-state index < -0.39 is 6.10 Å². The number of amides is 1. The first-order valence-electron chi connectivity index (χ1n) is 8.24. The lowest BCUT2D eigenvalue weighted by atomic mass is 10.2. The van der Waals surface area contributed by atoms with Gasteiger partial charge < -0.3 is 10.1 Å². The molecule has 0 saturated heterocycles. The molecule has 0 spiro atoms. The molecule has 1 aromatic heterocycles. The van der Waals surface area contributed by atoms with Gasteiger partial charge in [0.05, 0.1) is 15.2 Å². The topological polar surface area (TPSA) is 60.3 Å². The van der Waals surface area contributed by atoms with Crippen LogP contribution in [0.5, 0.6) is 5.75 Å². The number of carbonyl (C=O) groups excluding carboxylic acids is 1. The number of carbonyl (C=O) groups is 1. The van der Waals surface area contributed by atoms with Crippen LogP contribution in [-0.4, -0.2) is 16.6 Å². The number of hydrogen-bond acceptors (Lipinski definition) is 4. The Bertz CT molecular complexity index is 1010. The number of anilines is 1. The van der Waals surface area contributed by atoms with Crippen molar-refractivity contribution in [1.29, 1.82) is 0 Å². The van der Waals surface area contributed by atoms with Gasteiger partial charge in [0.15, 0.2) is 6.10 Å². The third-order valence-corrected chi connectivity index (χ3v) is 5.14. The van der Waals surface area contributed by atoms with E-state index in [9.17, 15) is 9.59 Å². The average Bonchev–Trinajstić information content (AvgIpc) is 2.92. The van der Waals surface area contributed by atoms with Gasteiger partial charge in [0.1, 0.15) is 5.75 Å². The minimum atomic E-state index is -0.718. The number of thiazole rings is 1. The zero-order valence-electron chi connectivity index (χ0n) is 14.7. The summed E-state index contributed by atoms with van der Waals surface area (Å²) in [5.41, 5.74) is 1.49. The maximum Gasteiger partial charge on any atom is 0.308 e. The highest BCUT2D eigenvalue weighted by Crippen LogP contribution is 2.26. The van der Waals surface area contributed by atoms with E-state index in [1.807, 2.05) is 19.9 Å². The molecule has 0 radical (unpaired) electrons. The third-order valence-electron chi connectivity index (χ3n) is 3.91. The molecule has 5 nitrogen and oxygen atoms in total. The average molecular weight is 391 g/mol. The van der Waals surface area contributed by atoms with Gasteiger partial charge in [0.2, 0.25) is 0 Å². The lowest BCUT2D eigenvalue weighted by molar-refractivity contribution is -0.122. The number of nitrogens with one attached hydrogen (secondary N) is 1. The zero-order valence-corrected chi connectivity index (χ0v) is 16.2. The molecule has 7 heteroatoms. The lowest BCUT2D eigenvalue weighted by Crippen LogP contribution is -2.30. The first kappa shape index (κ1) is 18.5. The maximum absolute atomic E-state index is 12.4. The lowest BCUT2D eigenvalue weighted by Gasteiger charge is -2.15. The Morgan fingerprint density at radius 1 is 1.19 bits per heavy atom. The van der Waals surface area contributed by atoms with Crippen LogP contribution in [0.1, 0.15) is 26.8 Å². The summed E-state index contributed by atoms with van der Waals surface area (Å²) >= 11 is 7.22. The Balaban J connectivity index is 1.77. The molecule has 3 aromatic rings. The Morgan fingerprint density at radius 2 is 1.92 bits per heavy atom. The summed E-state index contributed by atoms with van der Waals surface area (Å²) in [5, 5.41) is 3.27. The van der Waals surface area contributed by atoms with Crippen molar-refractivity contribution in [2.75, 3.05) is 5.32 Å². The minimum Gasteiger partial charge on any atom is -0.479 e. The summed E-state index contributed by atoms with van der Waals surface area (Å²) in [6, 6.07) is 12.5. The molecule has 136 valence electrons. The number of aromatic nitrogens is 1. The molecule has 0 bridgehead atoms. The Kier molecular flexibility index (Phi) is 5.34. The van der Waals surface area contributed by atoms with Crippen LogP contribution in [0.4, 0.5) is 5.69 Å². The summed E-state index contributed by atoms with van der Waals surface area (Å²) in [5.74, 6) is 0.166. The molecule has 1 unspecified atom stereocenters. The number of rotatable bonds is 5. The molecule has 26 heavy (non-hydrogen) atoms. The number of ether oxygens (including phenoxy) is 1. The second kappa shape index (κ2) is 7.51. The van der Waals surface area contributed by atoms with Crippen molar-refractivity contribution in [2.45, 2.75) is 32.9 Å². The van der Waals surface area contributed by atoms with Crippen molar-refractivity contribution in [3.63, 3.8) is 0 Å². The Labute approximate surface area is 160 Å².